The molecule has 8 heteroatoms. The Labute approximate surface area is 204 Å². The van der Waals surface area contributed by atoms with Crippen LogP contribution in [0.4, 0.5) is 5.69 Å². The number of nitrogens with zero attached hydrogens (tertiary/aromatic N) is 2. The molecule has 0 saturated carbocycles. The van der Waals surface area contributed by atoms with Crippen LogP contribution in [-0.2, 0) is 11.2 Å². The summed E-state index contributed by atoms with van der Waals surface area (Å²) in [5.74, 6) is 4.13. The van der Waals surface area contributed by atoms with Crippen LogP contribution in [0, 0.1) is 12.3 Å². The molecule has 0 radical (unpaired) electrons. The van der Waals surface area contributed by atoms with Crippen molar-refractivity contribution in [1.29, 1.82) is 0 Å². The number of carbonyl (C=O) groups is 1. The molecule has 0 N–H and O–H groups in total. The van der Waals surface area contributed by atoms with Gasteiger partial charge in [0.05, 0.1) is 29.7 Å². The molecular formula is C25H27ClN2O4S. The van der Waals surface area contributed by atoms with Crippen molar-refractivity contribution in [3.63, 3.8) is 0 Å². The molecule has 2 aromatic rings. The van der Waals surface area contributed by atoms with E-state index in [0.29, 0.717) is 41.3 Å². The zero-order valence-corrected chi connectivity index (χ0v) is 20.5. The predicted molar refractivity (Wildman–Crippen MR) is 134 cm³/mol. The van der Waals surface area contributed by atoms with E-state index >= 15 is 0 Å². The first-order valence-electron chi connectivity index (χ1n) is 10.7. The summed E-state index contributed by atoms with van der Waals surface area (Å²) in [6.45, 7) is 5.29. The fourth-order valence-electron chi connectivity index (χ4n) is 3.41. The Morgan fingerprint density at radius 1 is 1.21 bits per heavy atom. The van der Waals surface area contributed by atoms with Crippen molar-refractivity contribution >= 4 is 40.1 Å². The van der Waals surface area contributed by atoms with E-state index in [2.05, 4.69) is 5.92 Å². The molecule has 6 nitrogen and oxygen atoms in total. The Kier molecular flexibility index (Phi) is 8.93. The highest BCUT2D eigenvalue weighted by atomic mass is 35.5. The summed E-state index contributed by atoms with van der Waals surface area (Å²) in [6, 6.07) is 11.2. The molecule has 1 fully saturated rings. The summed E-state index contributed by atoms with van der Waals surface area (Å²) < 4.78 is 16.4. The number of hydrogen-bond acceptors (Lipinski definition) is 6. The number of aliphatic imine (C=N–C) groups is 1. The molecule has 33 heavy (non-hydrogen) atoms. The lowest BCUT2D eigenvalue weighted by molar-refractivity contribution is -0.126. The van der Waals surface area contributed by atoms with Gasteiger partial charge >= 0.3 is 0 Å². The van der Waals surface area contributed by atoms with Gasteiger partial charge in [0, 0.05) is 6.54 Å². The Hall–Kier alpha value is -2.82. The van der Waals surface area contributed by atoms with Crippen molar-refractivity contribution in [2.45, 2.75) is 31.9 Å². The van der Waals surface area contributed by atoms with E-state index < -0.39 is 0 Å². The summed E-state index contributed by atoms with van der Waals surface area (Å²) >= 11 is 7.87. The van der Waals surface area contributed by atoms with Crippen LogP contribution < -0.4 is 14.2 Å². The molecule has 1 aliphatic rings. The molecule has 3 rings (SSSR count). The molecular weight excluding hydrogens is 460 g/mol. The summed E-state index contributed by atoms with van der Waals surface area (Å²) in [6.07, 6.45) is 6.60. The van der Waals surface area contributed by atoms with E-state index in [0.717, 1.165) is 23.4 Å². The van der Waals surface area contributed by atoms with Gasteiger partial charge < -0.3 is 14.2 Å². The zero-order chi connectivity index (χ0) is 23.8. The fourth-order valence-corrected chi connectivity index (χ4v) is 4.92. The highest BCUT2D eigenvalue weighted by Gasteiger charge is 2.37. The molecule has 0 aliphatic carbocycles. The van der Waals surface area contributed by atoms with E-state index in [1.807, 2.05) is 44.2 Å². The second-order valence-electron chi connectivity index (χ2n) is 7.22. The van der Waals surface area contributed by atoms with Crippen molar-refractivity contribution in [1.82, 2.24) is 4.90 Å². The summed E-state index contributed by atoms with van der Waals surface area (Å²) in [5, 5.41) is 0.781. The van der Waals surface area contributed by atoms with Crippen molar-refractivity contribution < 1.29 is 19.0 Å². The van der Waals surface area contributed by atoms with Crippen LogP contribution in [0.1, 0.15) is 25.8 Å². The number of amidine groups is 1. The molecule has 0 spiro atoms. The number of methoxy groups -OCH3 is 1. The molecule has 1 aliphatic heterocycles. The van der Waals surface area contributed by atoms with Crippen LogP contribution in [-0.4, -0.2) is 48.1 Å². The first-order valence-corrected chi connectivity index (χ1v) is 12.0. The highest BCUT2D eigenvalue weighted by molar-refractivity contribution is 8.15. The Bertz CT molecular complexity index is 1050. The highest BCUT2D eigenvalue weighted by Crippen LogP contribution is 2.39. The topological polar surface area (TPSA) is 60.4 Å². The van der Waals surface area contributed by atoms with Gasteiger partial charge in [-0.05, 0) is 61.7 Å². The lowest BCUT2D eigenvalue weighted by atomic mass is 10.1. The van der Waals surface area contributed by atoms with Crippen LogP contribution in [0.15, 0.2) is 41.4 Å². The minimum atomic E-state index is -0.309. The van der Waals surface area contributed by atoms with Gasteiger partial charge in [0.15, 0.2) is 16.7 Å². The average molecular weight is 487 g/mol. The lowest BCUT2D eigenvalue weighted by Gasteiger charge is -2.16. The number of rotatable bonds is 10. The van der Waals surface area contributed by atoms with Crippen molar-refractivity contribution in [2.75, 3.05) is 26.9 Å². The Morgan fingerprint density at radius 3 is 2.61 bits per heavy atom. The number of terminal acetylenes is 1. The van der Waals surface area contributed by atoms with Crippen LogP contribution >= 0.6 is 23.4 Å². The SMILES string of the molecule is C#CCOc1c(Cl)cc(C[C@H]2SC(=Nc3ccc(OCC)cc3)N(CCC)C2=O)cc1OC. The number of hydrogen-bond donors (Lipinski definition) is 0. The minimum Gasteiger partial charge on any atom is -0.494 e. The molecule has 0 aromatic heterocycles. The summed E-state index contributed by atoms with van der Waals surface area (Å²) in [7, 11) is 1.54. The molecule has 1 saturated heterocycles. The van der Waals surface area contributed by atoms with Crippen molar-refractivity contribution in [3.8, 4) is 29.6 Å². The second-order valence-corrected chi connectivity index (χ2v) is 8.80. The van der Waals surface area contributed by atoms with Crippen molar-refractivity contribution in [3.05, 3.63) is 47.0 Å². The number of ether oxygens (including phenoxy) is 3. The predicted octanol–water partition coefficient (Wildman–Crippen LogP) is 5.34. The number of thioether (sulfide) groups is 1. The first kappa shape index (κ1) is 24.8. The molecule has 1 amide bonds. The Morgan fingerprint density at radius 2 is 1.97 bits per heavy atom. The summed E-state index contributed by atoms with van der Waals surface area (Å²) in [5.41, 5.74) is 1.64. The van der Waals surface area contributed by atoms with Crippen LogP contribution in [0.2, 0.25) is 5.02 Å². The number of carbonyl (C=O) groups excluding carboxylic acids is 1. The third-order valence-corrected chi connectivity index (χ3v) is 6.31. The van der Waals surface area contributed by atoms with Gasteiger partial charge in [-0.3, -0.25) is 9.69 Å². The maximum atomic E-state index is 13.2. The van der Waals surface area contributed by atoms with E-state index in [-0.39, 0.29) is 17.8 Å². The molecule has 1 heterocycles. The zero-order valence-electron chi connectivity index (χ0n) is 19.0. The molecule has 0 bridgehead atoms. The van der Waals surface area contributed by atoms with Gasteiger partial charge in [0.2, 0.25) is 5.91 Å². The van der Waals surface area contributed by atoms with Gasteiger partial charge in [0.25, 0.3) is 0 Å². The number of halogens is 1. The summed E-state index contributed by atoms with van der Waals surface area (Å²) in [4.78, 5) is 19.7. The van der Waals surface area contributed by atoms with Gasteiger partial charge in [-0.25, -0.2) is 4.99 Å². The maximum absolute atomic E-state index is 13.2. The van der Waals surface area contributed by atoms with Gasteiger partial charge in [0.1, 0.15) is 12.4 Å². The monoisotopic (exact) mass is 486 g/mol. The van der Waals surface area contributed by atoms with Crippen molar-refractivity contribution in [2.24, 2.45) is 4.99 Å². The lowest BCUT2D eigenvalue weighted by Crippen LogP contribution is -2.33. The quantitative estimate of drug-likeness (QED) is 0.424. The van der Waals surface area contributed by atoms with Crippen LogP contribution in [0.3, 0.4) is 0 Å². The number of amides is 1. The van der Waals surface area contributed by atoms with E-state index in [4.69, 9.17) is 37.2 Å². The Balaban J connectivity index is 1.82. The normalized spacial score (nSPS) is 16.7. The average Bonchev–Trinajstić information content (AvgIpc) is 3.08. The third-order valence-electron chi connectivity index (χ3n) is 4.85. The molecule has 0 unspecified atom stereocenters. The standard InChI is InChI=1S/C25H27ClN2O4S/c1-5-12-28-24(29)22(33-25(28)27-18-8-10-19(11-9-18)31-7-3)16-17-14-20(26)23(32-13-6-2)21(15-17)30-4/h2,8-11,14-15,22H,5,7,12-13,16H2,1,3-4H3/t22-/m1/s1. The van der Waals surface area contributed by atoms with E-state index in [1.54, 1.807) is 11.0 Å². The first-order chi connectivity index (χ1) is 16.0. The van der Waals surface area contributed by atoms with E-state index in [1.165, 1.54) is 18.9 Å². The molecule has 2 aromatic carbocycles. The van der Waals surface area contributed by atoms with E-state index in [9.17, 15) is 4.79 Å². The molecule has 1 atom stereocenters. The maximum Gasteiger partial charge on any atom is 0.242 e. The minimum absolute atomic E-state index is 0.0364. The molecule has 174 valence electrons. The third kappa shape index (κ3) is 6.16. The fraction of sp³-hybridized carbons (Fsp3) is 0.360. The van der Waals surface area contributed by atoms with Crippen LogP contribution in [0.5, 0.6) is 17.2 Å². The van der Waals surface area contributed by atoms with Gasteiger partial charge in [-0.15, -0.1) is 6.42 Å². The van der Waals surface area contributed by atoms with Gasteiger partial charge in [-0.1, -0.05) is 36.2 Å². The number of benzene rings is 2. The smallest absolute Gasteiger partial charge is 0.242 e. The van der Waals surface area contributed by atoms with Crippen LogP contribution in [0.25, 0.3) is 0 Å². The van der Waals surface area contributed by atoms with Gasteiger partial charge in [-0.2, -0.15) is 0 Å². The second kappa shape index (κ2) is 11.9. The largest absolute Gasteiger partial charge is 0.494 e.